The summed E-state index contributed by atoms with van der Waals surface area (Å²) in [5.41, 5.74) is 11.4. The van der Waals surface area contributed by atoms with Crippen molar-refractivity contribution in [1.29, 1.82) is 0 Å². The van der Waals surface area contributed by atoms with Crippen LogP contribution in [0.25, 0.3) is 16.6 Å². The summed E-state index contributed by atoms with van der Waals surface area (Å²) in [5, 5.41) is 5.61. The molecular formula is C21H25N7O. The van der Waals surface area contributed by atoms with Crippen LogP contribution in [0.2, 0.25) is 0 Å². The van der Waals surface area contributed by atoms with Crippen LogP contribution in [0.4, 0.5) is 5.82 Å². The fourth-order valence-corrected chi connectivity index (χ4v) is 4.27. The molecule has 0 spiro atoms. The zero-order valence-corrected chi connectivity index (χ0v) is 16.7. The smallest absolute Gasteiger partial charge is 0.164 e. The van der Waals surface area contributed by atoms with E-state index in [1.54, 1.807) is 0 Å². The van der Waals surface area contributed by atoms with Gasteiger partial charge >= 0.3 is 0 Å². The molecule has 0 saturated carbocycles. The van der Waals surface area contributed by atoms with Gasteiger partial charge < -0.3 is 14.9 Å². The number of fused-ring (bicyclic) bond motifs is 2. The van der Waals surface area contributed by atoms with Gasteiger partial charge in [0.1, 0.15) is 12.1 Å². The minimum atomic E-state index is 0.0106. The SMILES string of the molecule is Cc1nn(C(C)c2cc3ccccn3c2CN2CCOCC2)c2ncnc(N)c12. The molecule has 4 aromatic rings. The Morgan fingerprint density at radius 3 is 2.86 bits per heavy atom. The summed E-state index contributed by atoms with van der Waals surface area (Å²) in [7, 11) is 0. The fraction of sp³-hybridized carbons (Fsp3) is 0.381. The molecule has 5 rings (SSSR count). The molecule has 0 bridgehead atoms. The number of rotatable bonds is 4. The van der Waals surface area contributed by atoms with Crippen LogP contribution in [-0.4, -0.2) is 55.4 Å². The van der Waals surface area contributed by atoms with E-state index >= 15 is 0 Å². The second kappa shape index (κ2) is 7.13. The van der Waals surface area contributed by atoms with Crippen LogP contribution in [0.1, 0.15) is 29.9 Å². The zero-order valence-electron chi connectivity index (χ0n) is 16.7. The van der Waals surface area contributed by atoms with Crippen LogP contribution in [0.5, 0.6) is 0 Å². The third-order valence-corrected chi connectivity index (χ3v) is 5.81. The number of pyridine rings is 1. The Bertz CT molecular complexity index is 1170. The van der Waals surface area contributed by atoms with Crippen molar-refractivity contribution in [3.63, 3.8) is 0 Å². The number of aromatic nitrogens is 5. The van der Waals surface area contributed by atoms with Crippen LogP contribution in [0.15, 0.2) is 36.8 Å². The highest BCUT2D eigenvalue weighted by Gasteiger charge is 2.23. The molecule has 150 valence electrons. The summed E-state index contributed by atoms with van der Waals surface area (Å²) in [5.74, 6) is 0.474. The van der Waals surface area contributed by atoms with Crippen molar-refractivity contribution in [1.82, 2.24) is 29.0 Å². The Hall–Kier alpha value is -2.97. The van der Waals surface area contributed by atoms with Gasteiger partial charge in [-0.25, -0.2) is 14.6 Å². The molecule has 8 heteroatoms. The lowest BCUT2D eigenvalue weighted by Crippen LogP contribution is -2.36. The number of nitrogens with zero attached hydrogens (tertiary/aromatic N) is 6. The summed E-state index contributed by atoms with van der Waals surface area (Å²) in [6.45, 7) is 8.46. The predicted molar refractivity (Wildman–Crippen MR) is 112 cm³/mol. The van der Waals surface area contributed by atoms with Crippen LogP contribution >= 0.6 is 0 Å². The summed E-state index contributed by atoms with van der Waals surface area (Å²) in [6, 6.07) is 8.56. The standard InChI is InChI=1S/C21H25N7O/c1-14-19-20(22)23-13-24-21(19)28(25-14)15(2)17-11-16-5-3-4-6-27(16)18(17)12-26-7-9-29-10-8-26/h3-6,11,13,15H,7-10,12H2,1-2H3,(H2,22,23,24). The molecule has 5 heterocycles. The van der Waals surface area contributed by atoms with E-state index in [0.29, 0.717) is 5.82 Å². The third kappa shape index (κ3) is 3.04. The normalized spacial score (nSPS) is 16.6. The lowest BCUT2D eigenvalue weighted by atomic mass is 10.1. The molecule has 29 heavy (non-hydrogen) atoms. The molecule has 1 aliphatic heterocycles. The highest BCUT2D eigenvalue weighted by Crippen LogP contribution is 2.31. The predicted octanol–water partition coefficient (Wildman–Crippen LogP) is 2.41. The molecule has 1 aliphatic rings. The van der Waals surface area contributed by atoms with Crippen molar-refractivity contribution in [2.24, 2.45) is 0 Å². The van der Waals surface area contributed by atoms with Gasteiger partial charge in [0, 0.05) is 37.0 Å². The Morgan fingerprint density at radius 1 is 1.21 bits per heavy atom. The number of nitrogens with two attached hydrogens (primary N) is 1. The molecular weight excluding hydrogens is 366 g/mol. The molecule has 1 atom stereocenters. The number of ether oxygens (including phenoxy) is 1. The zero-order chi connectivity index (χ0) is 20.0. The van der Waals surface area contributed by atoms with Crippen molar-refractivity contribution in [3.8, 4) is 0 Å². The van der Waals surface area contributed by atoms with Crippen molar-refractivity contribution < 1.29 is 4.74 Å². The quantitative estimate of drug-likeness (QED) is 0.575. The summed E-state index contributed by atoms with van der Waals surface area (Å²) >= 11 is 0. The van der Waals surface area contributed by atoms with Gasteiger partial charge in [0.25, 0.3) is 0 Å². The average molecular weight is 391 g/mol. The van der Waals surface area contributed by atoms with Gasteiger partial charge in [-0.3, -0.25) is 4.90 Å². The number of aryl methyl sites for hydroxylation is 1. The molecule has 1 saturated heterocycles. The van der Waals surface area contributed by atoms with E-state index in [1.807, 2.05) is 11.6 Å². The Labute approximate surface area is 168 Å². The van der Waals surface area contributed by atoms with Gasteiger partial charge in [0.05, 0.1) is 30.3 Å². The average Bonchev–Trinajstić information content (AvgIpc) is 3.27. The largest absolute Gasteiger partial charge is 0.383 e. The van der Waals surface area contributed by atoms with E-state index in [1.165, 1.54) is 23.1 Å². The van der Waals surface area contributed by atoms with Gasteiger partial charge in [-0.05, 0) is 37.6 Å². The number of anilines is 1. The van der Waals surface area contributed by atoms with Crippen LogP contribution in [0.3, 0.4) is 0 Å². The minimum Gasteiger partial charge on any atom is -0.383 e. The first kappa shape index (κ1) is 18.1. The van der Waals surface area contributed by atoms with Gasteiger partial charge in [0.2, 0.25) is 0 Å². The number of hydrogen-bond donors (Lipinski definition) is 1. The maximum absolute atomic E-state index is 6.10. The highest BCUT2D eigenvalue weighted by molar-refractivity contribution is 5.88. The molecule has 8 nitrogen and oxygen atoms in total. The van der Waals surface area contributed by atoms with Gasteiger partial charge in [-0.15, -0.1) is 0 Å². The minimum absolute atomic E-state index is 0.0106. The van der Waals surface area contributed by atoms with Gasteiger partial charge in [-0.1, -0.05) is 6.07 Å². The lowest BCUT2D eigenvalue weighted by molar-refractivity contribution is 0.0334. The molecule has 2 N–H and O–H groups in total. The molecule has 0 aliphatic carbocycles. The first-order valence-electron chi connectivity index (χ1n) is 9.97. The van der Waals surface area contributed by atoms with E-state index in [4.69, 9.17) is 15.6 Å². The topological polar surface area (TPSA) is 86.5 Å². The fourth-order valence-electron chi connectivity index (χ4n) is 4.27. The Morgan fingerprint density at radius 2 is 2.03 bits per heavy atom. The van der Waals surface area contributed by atoms with Crippen molar-refractivity contribution in [2.75, 3.05) is 32.0 Å². The van der Waals surface area contributed by atoms with E-state index in [2.05, 4.69) is 56.7 Å². The number of morpholine rings is 1. The van der Waals surface area contributed by atoms with Gasteiger partial charge in [0.15, 0.2) is 5.65 Å². The highest BCUT2D eigenvalue weighted by atomic mass is 16.5. The molecule has 4 aromatic heterocycles. The van der Waals surface area contributed by atoms with E-state index in [0.717, 1.165) is 49.6 Å². The third-order valence-electron chi connectivity index (χ3n) is 5.81. The van der Waals surface area contributed by atoms with Crippen LogP contribution < -0.4 is 5.73 Å². The Kier molecular flexibility index (Phi) is 4.44. The lowest BCUT2D eigenvalue weighted by Gasteiger charge is -2.27. The first-order chi connectivity index (χ1) is 14.1. The summed E-state index contributed by atoms with van der Waals surface area (Å²) < 4.78 is 9.78. The Balaban J connectivity index is 1.63. The second-order valence-electron chi connectivity index (χ2n) is 7.59. The van der Waals surface area contributed by atoms with Crippen LogP contribution in [-0.2, 0) is 11.3 Å². The van der Waals surface area contributed by atoms with Crippen molar-refractivity contribution in [2.45, 2.75) is 26.4 Å². The van der Waals surface area contributed by atoms with E-state index in [-0.39, 0.29) is 6.04 Å². The summed E-state index contributed by atoms with van der Waals surface area (Å²) in [4.78, 5) is 11.1. The van der Waals surface area contributed by atoms with E-state index in [9.17, 15) is 0 Å². The molecule has 1 fully saturated rings. The number of nitrogen functional groups attached to an aromatic ring is 1. The first-order valence-corrected chi connectivity index (χ1v) is 9.97. The van der Waals surface area contributed by atoms with Gasteiger partial charge in [-0.2, -0.15) is 5.10 Å². The maximum atomic E-state index is 6.10. The second-order valence-corrected chi connectivity index (χ2v) is 7.59. The molecule has 0 radical (unpaired) electrons. The monoisotopic (exact) mass is 391 g/mol. The number of hydrogen-bond acceptors (Lipinski definition) is 6. The molecule has 0 aromatic carbocycles. The van der Waals surface area contributed by atoms with E-state index < -0.39 is 0 Å². The molecule has 1 unspecified atom stereocenters. The summed E-state index contributed by atoms with van der Waals surface area (Å²) in [6.07, 6.45) is 3.64. The molecule has 0 amide bonds. The van der Waals surface area contributed by atoms with Crippen molar-refractivity contribution in [3.05, 3.63) is 53.7 Å². The van der Waals surface area contributed by atoms with Crippen LogP contribution in [0, 0.1) is 6.92 Å². The maximum Gasteiger partial charge on any atom is 0.164 e. The van der Waals surface area contributed by atoms with Crippen molar-refractivity contribution >= 4 is 22.4 Å².